The number of sulfone groups is 1. The quantitative estimate of drug-likeness (QED) is 0.679. The topological polar surface area (TPSA) is 64.0 Å². The summed E-state index contributed by atoms with van der Waals surface area (Å²) in [5.74, 6) is 0.167. The molecule has 80 valence electrons. The predicted molar refractivity (Wildman–Crippen MR) is 54.6 cm³/mol. The van der Waals surface area contributed by atoms with E-state index in [1.165, 1.54) is 6.26 Å². The fourth-order valence-electron chi connectivity index (χ4n) is 1.03. The molecule has 1 aromatic rings. The van der Waals surface area contributed by atoms with Crippen molar-refractivity contribution < 1.29 is 8.42 Å². The summed E-state index contributed by atoms with van der Waals surface area (Å²) in [7, 11) is -1.01. The normalized spacial score (nSPS) is 11.9. The Labute approximate surface area is 84.0 Å². The first-order valence-electron chi connectivity index (χ1n) is 4.34. The molecule has 1 aromatic heterocycles. The Morgan fingerprint density at radius 1 is 1.57 bits per heavy atom. The van der Waals surface area contributed by atoms with Crippen molar-refractivity contribution >= 4 is 9.84 Å². The predicted octanol–water partition coefficient (Wildman–Crippen LogP) is -0.446. The highest BCUT2D eigenvalue weighted by Crippen LogP contribution is 1.92. The Hall–Kier alpha value is -0.880. The minimum absolute atomic E-state index is 0.167. The van der Waals surface area contributed by atoms with Crippen LogP contribution in [0.1, 0.15) is 5.69 Å². The first kappa shape index (κ1) is 11.2. The van der Waals surface area contributed by atoms with Gasteiger partial charge in [-0.2, -0.15) is 5.10 Å². The van der Waals surface area contributed by atoms with Crippen LogP contribution in [0.4, 0.5) is 0 Å². The second kappa shape index (κ2) is 4.56. The molecular weight excluding hydrogens is 202 g/mol. The van der Waals surface area contributed by atoms with Gasteiger partial charge in [-0.25, -0.2) is 8.42 Å². The molecule has 5 nitrogen and oxygen atoms in total. The van der Waals surface area contributed by atoms with Crippen LogP contribution in [0.3, 0.4) is 0 Å². The molecule has 0 amide bonds. The van der Waals surface area contributed by atoms with Crippen molar-refractivity contribution in [1.82, 2.24) is 15.1 Å². The average molecular weight is 217 g/mol. The molecule has 0 unspecified atom stereocenters. The molecule has 0 aliphatic heterocycles. The van der Waals surface area contributed by atoms with Gasteiger partial charge in [-0.1, -0.05) is 0 Å². The van der Waals surface area contributed by atoms with Crippen molar-refractivity contribution in [2.75, 3.05) is 18.6 Å². The van der Waals surface area contributed by atoms with Crippen molar-refractivity contribution in [3.63, 3.8) is 0 Å². The lowest BCUT2D eigenvalue weighted by Crippen LogP contribution is -2.22. The van der Waals surface area contributed by atoms with Crippen LogP contribution >= 0.6 is 0 Å². The third-order valence-electron chi connectivity index (χ3n) is 1.72. The fourth-order valence-corrected chi connectivity index (χ4v) is 1.55. The van der Waals surface area contributed by atoms with Crippen LogP contribution in [0.5, 0.6) is 0 Å². The van der Waals surface area contributed by atoms with E-state index in [2.05, 4.69) is 10.4 Å². The summed E-state index contributed by atoms with van der Waals surface area (Å²) in [4.78, 5) is 0. The first-order valence-corrected chi connectivity index (χ1v) is 6.40. The minimum atomic E-state index is -2.86. The van der Waals surface area contributed by atoms with E-state index in [9.17, 15) is 8.42 Å². The zero-order valence-corrected chi connectivity index (χ0v) is 9.21. The smallest absolute Gasteiger partial charge is 0.148 e. The van der Waals surface area contributed by atoms with E-state index in [1.54, 1.807) is 4.68 Å². The van der Waals surface area contributed by atoms with Crippen molar-refractivity contribution in [3.8, 4) is 0 Å². The maximum atomic E-state index is 10.8. The van der Waals surface area contributed by atoms with Crippen LogP contribution in [0.2, 0.25) is 0 Å². The van der Waals surface area contributed by atoms with Crippen LogP contribution in [0.15, 0.2) is 12.3 Å². The standard InChI is InChI=1S/C8H15N3O2S/c1-11-5-3-8(10-11)7-9-4-6-14(2,12)13/h3,5,9H,4,6-7H2,1-2H3. The summed E-state index contributed by atoms with van der Waals surface area (Å²) in [5, 5.41) is 7.17. The van der Waals surface area contributed by atoms with E-state index in [0.29, 0.717) is 13.1 Å². The summed E-state index contributed by atoms with van der Waals surface area (Å²) in [6.45, 7) is 1.08. The number of nitrogens with one attached hydrogen (secondary N) is 1. The van der Waals surface area contributed by atoms with Gasteiger partial charge >= 0.3 is 0 Å². The monoisotopic (exact) mass is 217 g/mol. The van der Waals surface area contributed by atoms with Crippen LogP contribution in [-0.2, 0) is 23.4 Å². The van der Waals surface area contributed by atoms with E-state index in [-0.39, 0.29) is 5.75 Å². The maximum absolute atomic E-state index is 10.8. The molecule has 0 aliphatic rings. The van der Waals surface area contributed by atoms with Gasteiger partial charge in [0.2, 0.25) is 0 Å². The average Bonchev–Trinajstić information content (AvgIpc) is 2.44. The van der Waals surface area contributed by atoms with Crippen LogP contribution in [0, 0.1) is 0 Å². The Bertz CT molecular complexity index is 383. The molecule has 0 bridgehead atoms. The molecule has 0 saturated carbocycles. The summed E-state index contributed by atoms with van der Waals surface area (Å²) < 4.78 is 23.3. The molecular formula is C8H15N3O2S. The lowest BCUT2D eigenvalue weighted by Gasteiger charge is -2.00. The molecule has 0 saturated heterocycles. The highest BCUT2D eigenvalue weighted by Gasteiger charge is 2.01. The minimum Gasteiger partial charge on any atom is -0.310 e. The molecule has 14 heavy (non-hydrogen) atoms. The molecule has 0 aliphatic carbocycles. The first-order chi connectivity index (χ1) is 6.47. The highest BCUT2D eigenvalue weighted by atomic mass is 32.2. The largest absolute Gasteiger partial charge is 0.310 e. The van der Waals surface area contributed by atoms with Gasteiger partial charge in [-0.15, -0.1) is 0 Å². The zero-order chi connectivity index (χ0) is 10.6. The van der Waals surface area contributed by atoms with E-state index in [4.69, 9.17) is 0 Å². The Morgan fingerprint density at radius 3 is 2.79 bits per heavy atom. The second-order valence-electron chi connectivity index (χ2n) is 3.29. The lowest BCUT2D eigenvalue weighted by molar-refractivity contribution is 0.595. The van der Waals surface area contributed by atoms with E-state index in [1.807, 2.05) is 19.3 Å². The van der Waals surface area contributed by atoms with Gasteiger partial charge in [0.25, 0.3) is 0 Å². The Kier molecular flexibility index (Phi) is 3.65. The number of nitrogens with zero attached hydrogens (tertiary/aromatic N) is 2. The van der Waals surface area contributed by atoms with Gasteiger partial charge in [-0.05, 0) is 6.07 Å². The summed E-state index contributed by atoms with van der Waals surface area (Å²) in [6, 6.07) is 1.90. The van der Waals surface area contributed by atoms with Crippen LogP contribution in [-0.4, -0.2) is 36.8 Å². The maximum Gasteiger partial charge on any atom is 0.148 e. The molecule has 1 N–H and O–H groups in total. The number of rotatable bonds is 5. The molecule has 1 rings (SSSR count). The van der Waals surface area contributed by atoms with E-state index < -0.39 is 9.84 Å². The molecule has 1 heterocycles. The van der Waals surface area contributed by atoms with Crippen molar-refractivity contribution in [1.29, 1.82) is 0 Å². The van der Waals surface area contributed by atoms with Crippen molar-refractivity contribution in [2.45, 2.75) is 6.54 Å². The number of hydrogen-bond acceptors (Lipinski definition) is 4. The molecule has 0 aromatic carbocycles. The Balaban J connectivity index is 2.23. The van der Waals surface area contributed by atoms with Crippen LogP contribution in [0.25, 0.3) is 0 Å². The van der Waals surface area contributed by atoms with Crippen LogP contribution < -0.4 is 5.32 Å². The summed E-state index contributed by atoms with van der Waals surface area (Å²) in [5.41, 5.74) is 0.918. The van der Waals surface area contributed by atoms with Gasteiger partial charge in [0, 0.05) is 32.6 Å². The fraction of sp³-hybridized carbons (Fsp3) is 0.625. The van der Waals surface area contributed by atoms with Gasteiger partial charge < -0.3 is 5.32 Å². The lowest BCUT2D eigenvalue weighted by atomic mass is 10.4. The Morgan fingerprint density at radius 2 is 2.29 bits per heavy atom. The van der Waals surface area contributed by atoms with Crippen molar-refractivity contribution in [2.24, 2.45) is 7.05 Å². The molecule has 0 fully saturated rings. The third kappa shape index (κ3) is 4.38. The number of aryl methyl sites for hydroxylation is 1. The number of aromatic nitrogens is 2. The third-order valence-corrected chi connectivity index (χ3v) is 2.67. The SMILES string of the molecule is Cn1ccc(CNCCS(C)(=O)=O)n1. The summed E-state index contributed by atoms with van der Waals surface area (Å²) >= 11 is 0. The summed E-state index contributed by atoms with van der Waals surface area (Å²) in [6.07, 6.45) is 3.09. The van der Waals surface area contributed by atoms with Gasteiger partial charge in [-0.3, -0.25) is 4.68 Å². The molecule has 0 atom stereocenters. The van der Waals surface area contributed by atoms with E-state index >= 15 is 0 Å². The molecule has 0 radical (unpaired) electrons. The molecule has 0 spiro atoms. The van der Waals surface area contributed by atoms with E-state index in [0.717, 1.165) is 5.69 Å². The number of hydrogen-bond donors (Lipinski definition) is 1. The zero-order valence-electron chi connectivity index (χ0n) is 8.40. The highest BCUT2D eigenvalue weighted by molar-refractivity contribution is 7.90. The van der Waals surface area contributed by atoms with Gasteiger partial charge in [0.1, 0.15) is 9.84 Å². The second-order valence-corrected chi connectivity index (χ2v) is 5.55. The van der Waals surface area contributed by atoms with Gasteiger partial charge in [0.05, 0.1) is 11.4 Å². The molecule has 6 heteroatoms. The van der Waals surface area contributed by atoms with Gasteiger partial charge in [0.15, 0.2) is 0 Å². The van der Waals surface area contributed by atoms with Crippen molar-refractivity contribution in [3.05, 3.63) is 18.0 Å².